The Morgan fingerprint density at radius 2 is 1.89 bits per heavy atom. The third kappa shape index (κ3) is 3.47. The van der Waals surface area contributed by atoms with E-state index in [1.54, 1.807) is 14.2 Å². The first-order valence-corrected chi connectivity index (χ1v) is 6.63. The van der Waals surface area contributed by atoms with Crippen LogP contribution >= 0.6 is 0 Å². The highest BCUT2D eigenvalue weighted by molar-refractivity contribution is 5.28. The van der Waals surface area contributed by atoms with Crippen LogP contribution in [0.25, 0.3) is 0 Å². The molecular formula is C15H23NO2. The highest BCUT2D eigenvalue weighted by Crippen LogP contribution is 2.34. The molecule has 0 bridgehead atoms. The summed E-state index contributed by atoms with van der Waals surface area (Å²) in [4.78, 5) is 0. The van der Waals surface area contributed by atoms with Gasteiger partial charge in [0.25, 0.3) is 0 Å². The minimum atomic E-state index is 0.344. The van der Waals surface area contributed by atoms with Crippen molar-refractivity contribution in [3.8, 4) is 5.75 Å². The van der Waals surface area contributed by atoms with Crippen LogP contribution in [0.1, 0.15) is 31.4 Å². The molecule has 0 saturated heterocycles. The van der Waals surface area contributed by atoms with E-state index in [4.69, 9.17) is 9.47 Å². The quantitative estimate of drug-likeness (QED) is 0.806. The zero-order chi connectivity index (χ0) is 13.0. The summed E-state index contributed by atoms with van der Waals surface area (Å²) >= 11 is 0. The number of methoxy groups -OCH3 is 2. The van der Waals surface area contributed by atoms with Gasteiger partial charge in [-0.2, -0.15) is 0 Å². The fourth-order valence-electron chi connectivity index (χ4n) is 2.31. The summed E-state index contributed by atoms with van der Waals surface area (Å²) in [6.07, 6.45) is 2.66. The van der Waals surface area contributed by atoms with Crippen LogP contribution in [0, 0.1) is 5.92 Å². The van der Waals surface area contributed by atoms with Gasteiger partial charge in [-0.15, -0.1) is 0 Å². The maximum Gasteiger partial charge on any atom is 0.118 e. The first-order chi connectivity index (χ1) is 8.74. The number of benzene rings is 1. The maximum atomic E-state index is 5.30. The highest BCUT2D eigenvalue weighted by Gasteiger charge is 2.31. The van der Waals surface area contributed by atoms with Crippen LogP contribution in [0.15, 0.2) is 24.3 Å². The average molecular weight is 249 g/mol. The monoisotopic (exact) mass is 249 g/mol. The molecule has 0 aliphatic heterocycles. The number of rotatable bonds is 7. The third-order valence-corrected chi connectivity index (χ3v) is 3.62. The minimum absolute atomic E-state index is 0.344. The molecule has 3 nitrogen and oxygen atoms in total. The normalized spacial score (nSPS) is 18.4. The van der Waals surface area contributed by atoms with Crippen LogP contribution in [0.2, 0.25) is 0 Å². The van der Waals surface area contributed by atoms with E-state index in [2.05, 4.69) is 24.4 Å². The third-order valence-electron chi connectivity index (χ3n) is 3.62. The lowest BCUT2D eigenvalue weighted by Crippen LogP contribution is -2.36. The smallest absolute Gasteiger partial charge is 0.118 e. The summed E-state index contributed by atoms with van der Waals surface area (Å²) in [6.45, 7) is 3.00. The van der Waals surface area contributed by atoms with E-state index in [9.17, 15) is 0 Å². The van der Waals surface area contributed by atoms with Crippen molar-refractivity contribution in [1.82, 2.24) is 5.32 Å². The Labute approximate surface area is 109 Å². The first-order valence-electron chi connectivity index (χ1n) is 6.63. The second-order valence-corrected chi connectivity index (χ2v) is 5.06. The Morgan fingerprint density at radius 1 is 1.22 bits per heavy atom. The van der Waals surface area contributed by atoms with Gasteiger partial charge in [-0.25, -0.2) is 0 Å². The molecule has 2 atom stereocenters. The molecule has 1 fully saturated rings. The molecular weight excluding hydrogens is 226 g/mol. The summed E-state index contributed by atoms with van der Waals surface area (Å²) in [5.41, 5.74) is 1.29. The molecule has 1 aromatic rings. The predicted molar refractivity (Wildman–Crippen MR) is 72.9 cm³/mol. The molecule has 0 heterocycles. The van der Waals surface area contributed by atoms with Crippen molar-refractivity contribution in [2.75, 3.05) is 20.8 Å². The largest absolute Gasteiger partial charge is 0.497 e. The maximum absolute atomic E-state index is 5.30. The standard InChI is InChI=1S/C15H23NO2/c1-11(12-6-8-14(18-3)9-7-12)16-15(10-17-2)13-4-5-13/h6-9,11,13,15-16H,4-5,10H2,1-3H3/t11-,15?/m1/s1. The van der Waals surface area contributed by atoms with E-state index in [1.807, 2.05) is 12.1 Å². The molecule has 1 saturated carbocycles. The molecule has 0 radical (unpaired) electrons. The second kappa shape index (κ2) is 6.21. The Balaban J connectivity index is 1.94. The van der Waals surface area contributed by atoms with E-state index >= 15 is 0 Å². The van der Waals surface area contributed by atoms with Crippen LogP contribution in [-0.4, -0.2) is 26.9 Å². The summed E-state index contributed by atoms with van der Waals surface area (Å²) in [5, 5.41) is 3.67. The summed E-state index contributed by atoms with van der Waals surface area (Å²) in [5.74, 6) is 1.70. The molecule has 3 heteroatoms. The van der Waals surface area contributed by atoms with E-state index < -0.39 is 0 Å². The molecule has 2 rings (SSSR count). The van der Waals surface area contributed by atoms with Crippen LogP contribution < -0.4 is 10.1 Å². The van der Waals surface area contributed by atoms with Crippen LogP contribution in [0.4, 0.5) is 0 Å². The number of nitrogens with one attached hydrogen (secondary N) is 1. The Bertz CT molecular complexity index is 359. The molecule has 1 unspecified atom stereocenters. The van der Waals surface area contributed by atoms with Gasteiger partial charge in [-0.05, 0) is 43.4 Å². The fraction of sp³-hybridized carbons (Fsp3) is 0.600. The van der Waals surface area contributed by atoms with Crippen molar-refractivity contribution in [3.05, 3.63) is 29.8 Å². The Kier molecular flexibility index (Phi) is 4.61. The van der Waals surface area contributed by atoms with Gasteiger partial charge in [-0.3, -0.25) is 0 Å². The summed E-state index contributed by atoms with van der Waals surface area (Å²) < 4.78 is 10.5. The van der Waals surface area contributed by atoms with Crippen LogP contribution in [-0.2, 0) is 4.74 Å². The van der Waals surface area contributed by atoms with Gasteiger partial charge < -0.3 is 14.8 Å². The van der Waals surface area contributed by atoms with Gasteiger partial charge >= 0.3 is 0 Å². The molecule has 100 valence electrons. The molecule has 1 N–H and O–H groups in total. The van der Waals surface area contributed by atoms with Crippen molar-refractivity contribution < 1.29 is 9.47 Å². The second-order valence-electron chi connectivity index (χ2n) is 5.06. The minimum Gasteiger partial charge on any atom is -0.497 e. The average Bonchev–Trinajstić information content (AvgIpc) is 3.22. The molecule has 0 spiro atoms. The number of hydrogen-bond acceptors (Lipinski definition) is 3. The van der Waals surface area contributed by atoms with E-state index in [0.717, 1.165) is 18.3 Å². The number of ether oxygens (including phenoxy) is 2. The van der Waals surface area contributed by atoms with Gasteiger partial charge in [-0.1, -0.05) is 12.1 Å². The van der Waals surface area contributed by atoms with Crippen molar-refractivity contribution in [2.45, 2.75) is 31.8 Å². The van der Waals surface area contributed by atoms with Gasteiger partial charge in [0, 0.05) is 19.2 Å². The van der Waals surface area contributed by atoms with E-state index in [1.165, 1.54) is 18.4 Å². The molecule has 1 aliphatic carbocycles. The molecule has 1 aromatic carbocycles. The lowest BCUT2D eigenvalue weighted by Gasteiger charge is -2.23. The Morgan fingerprint density at radius 3 is 2.39 bits per heavy atom. The van der Waals surface area contributed by atoms with Gasteiger partial charge in [0.15, 0.2) is 0 Å². The number of hydrogen-bond donors (Lipinski definition) is 1. The zero-order valence-electron chi connectivity index (χ0n) is 11.5. The van der Waals surface area contributed by atoms with Crippen molar-refractivity contribution in [2.24, 2.45) is 5.92 Å². The van der Waals surface area contributed by atoms with Gasteiger partial charge in [0.1, 0.15) is 5.75 Å². The lowest BCUT2D eigenvalue weighted by molar-refractivity contribution is 0.152. The molecule has 0 amide bonds. The van der Waals surface area contributed by atoms with E-state index in [-0.39, 0.29) is 0 Å². The SMILES string of the molecule is COCC(N[C@H](C)c1ccc(OC)cc1)C1CC1. The summed E-state index contributed by atoms with van der Waals surface area (Å²) in [6, 6.07) is 9.08. The lowest BCUT2D eigenvalue weighted by atomic mass is 10.1. The zero-order valence-corrected chi connectivity index (χ0v) is 11.5. The van der Waals surface area contributed by atoms with Crippen molar-refractivity contribution >= 4 is 0 Å². The van der Waals surface area contributed by atoms with E-state index in [0.29, 0.717) is 12.1 Å². The Hall–Kier alpha value is -1.06. The van der Waals surface area contributed by atoms with Crippen molar-refractivity contribution in [3.63, 3.8) is 0 Å². The van der Waals surface area contributed by atoms with Crippen LogP contribution in [0.5, 0.6) is 5.75 Å². The predicted octanol–water partition coefficient (Wildman–Crippen LogP) is 2.77. The molecule has 0 aromatic heterocycles. The summed E-state index contributed by atoms with van der Waals surface area (Å²) in [7, 11) is 3.47. The topological polar surface area (TPSA) is 30.5 Å². The van der Waals surface area contributed by atoms with Crippen molar-refractivity contribution in [1.29, 1.82) is 0 Å². The highest BCUT2D eigenvalue weighted by atomic mass is 16.5. The first kappa shape index (κ1) is 13.4. The molecule has 18 heavy (non-hydrogen) atoms. The van der Waals surface area contributed by atoms with Gasteiger partial charge in [0.05, 0.1) is 13.7 Å². The van der Waals surface area contributed by atoms with Gasteiger partial charge in [0.2, 0.25) is 0 Å². The fourth-order valence-corrected chi connectivity index (χ4v) is 2.31. The van der Waals surface area contributed by atoms with Crippen LogP contribution in [0.3, 0.4) is 0 Å². The molecule has 1 aliphatic rings.